The molecule has 0 spiro atoms. The van der Waals surface area contributed by atoms with Gasteiger partial charge in [-0.15, -0.1) is 0 Å². The third-order valence-corrected chi connectivity index (χ3v) is 14.5. The summed E-state index contributed by atoms with van der Waals surface area (Å²) < 4.78 is 0. The highest BCUT2D eigenvalue weighted by molar-refractivity contribution is 5.88. The number of carbonyl (C=O) groups is 3. The summed E-state index contributed by atoms with van der Waals surface area (Å²) in [6.07, 6.45) is 15.0. The largest absolute Gasteiger partial charge is 0.478 e. The molecule has 6 nitrogen and oxygen atoms in total. The van der Waals surface area contributed by atoms with Gasteiger partial charge in [-0.2, -0.15) is 0 Å². The van der Waals surface area contributed by atoms with Gasteiger partial charge in [-0.05, 0) is 133 Å². The van der Waals surface area contributed by atoms with E-state index >= 15 is 0 Å². The highest BCUT2D eigenvalue weighted by atomic mass is 16.4. The van der Waals surface area contributed by atoms with E-state index in [9.17, 15) is 19.5 Å². The second-order valence-corrected chi connectivity index (χ2v) is 16.7. The number of hydrogen-bond acceptors (Lipinski definition) is 3. The molecule has 2 N–H and O–H groups in total. The molecule has 246 valence electrons. The van der Waals surface area contributed by atoms with Gasteiger partial charge in [0, 0.05) is 27.1 Å². The van der Waals surface area contributed by atoms with Crippen LogP contribution in [0.4, 0.5) is 0 Å². The number of nitrogens with one attached hydrogen (secondary N) is 1. The number of carbonyl (C=O) groups excluding carboxylic acids is 2. The highest BCUT2D eigenvalue weighted by Crippen LogP contribution is 2.73. The van der Waals surface area contributed by atoms with Crippen molar-refractivity contribution in [3.8, 4) is 0 Å². The van der Waals surface area contributed by atoms with Crippen LogP contribution in [0, 0.1) is 51.2 Å². The molecule has 45 heavy (non-hydrogen) atoms. The predicted octanol–water partition coefficient (Wildman–Crippen LogP) is 7.83. The van der Waals surface area contributed by atoms with Crippen molar-refractivity contribution >= 4 is 23.4 Å². The van der Waals surface area contributed by atoms with E-state index in [1.807, 2.05) is 19.2 Å². The number of hydrogen-bond donors (Lipinski definition) is 2. The van der Waals surface area contributed by atoms with Gasteiger partial charge in [-0.1, -0.05) is 52.3 Å². The molecule has 0 bridgehead atoms. The van der Waals surface area contributed by atoms with Gasteiger partial charge in [0.05, 0.1) is 11.0 Å². The Morgan fingerprint density at radius 1 is 0.889 bits per heavy atom. The monoisotopic (exact) mass is 616 g/mol. The Balaban J connectivity index is 1.20. The molecule has 6 rings (SSSR count). The number of carboxylic acid groups (broad SMARTS) is 1. The Bertz CT molecular complexity index is 1370. The normalized spacial score (nSPS) is 38.1. The third kappa shape index (κ3) is 5.08. The molecule has 0 saturated heterocycles. The van der Waals surface area contributed by atoms with E-state index in [4.69, 9.17) is 0 Å². The first kappa shape index (κ1) is 32.3. The molecule has 0 radical (unpaired) electrons. The molecule has 6 heteroatoms. The first-order valence-corrected chi connectivity index (χ1v) is 17.8. The lowest BCUT2D eigenvalue weighted by Crippen LogP contribution is -2.62. The summed E-state index contributed by atoms with van der Waals surface area (Å²) in [6, 6.07) is 7.52. The first-order chi connectivity index (χ1) is 21.3. The summed E-state index contributed by atoms with van der Waals surface area (Å²) in [6.45, 7) is 13.0. The Labute approximate surface area is 270 Å². The van der Waals surface area contributed by atoms with Crippen LogP contribution < -0.4 is 5.32 Å². The van der Waals surface area contributed by atoms with Crippen molar-refractivity contribution in [3.63, 3.8) is 0 Å². The molecule has 4 unspecified atom stereocenters. The number of carboxylic acids is 1. The molecule has 4 fully saturated rings. The molecular formula is C39H56N2O4. The molecule has 4 saturated carbocycles. The number of allylic oxidation sites excluding steroid dienone is 2. The van der Waals surface area contributed by atoms with E-state index in [1.165, 1.54) is 50.5 Å². The number of benzene rings is 1. The topological polar surface area (TPSA) is 86.7 Å². The standard InChI is InChI=1S/C39H56N2O4/c1-25(42)41(6)24-8-23-40-35(45)39-19-7-9-31(39)28-14-15-33-37(4,30(28)17-22-39)21-18-32-36(2,3)29(16-20-38(32,33)5)26-10-12-27(13-11-26)34(43)44/h10-13,16,28,30-33H,7-9,14-15,17-24H2,1-6H3,(H,40,45)(H,43,44)/t28-,30?,31?,32?,33?,37-,38-,39-/m0/s1. The second kappa shape index (κ2) is 11.6. The van der Waals surface area contributed by atoms with Gasteiger partial charge in [0.2, 0.25) is 11.8 Å². The van der Waals surface area contributed by atoms with Gasteiger partial charge < -0.3 is 15.3 Å². The van der Waals surface area contributed by atoms with Crippen LogP contribution in [0.1, 0.15) is 121 Å². The Morgan fingerprint density at radius 2 is 1.62 bits per heavy atom. The number of aromatic carboxylic acids is 1. The average molecular weight is 617 g/mol. The molecule has 1 aromatic rings. The minimum atomic E-state index is -0.874. The zero-order valence-corrected chi connectivity index (χ0v) is 28.6. The van der Waals surface area contributed by atoms with Crippen molar-refractivity contribution in [1.82, 2.24) is 10.2 Å². The fourth-order valence-electron chi connectivity index (χ4n) is 12.4. The summed E-state index contributed by atoms with van der Waals surface area (Å²) in [5.74, 6) is 2.59. The van der Waals surface area contributed by atoms with Crippen LogP contribution in [-0.4, -0.2) is 47.9 Å². The predicted molar refractivity (Wildman–Crippen MR) is 178 cm³/mol. The lowest BCUT2D eigenvalue weighted by Gasteiger charge is -2.68. The molecule has 2 amide bonds. The second-order valence-electron chi connectivity index (χ2n) is 16.7. The Hall–Kier alpha value is -2.63. The first-order valence-electron chi connectivity index (χ1n) is 17.8. The van der Waals surface area contributed by atoms with Gasteiger partial charge in [-0.3, -0.25) is 9.59 Å². The fraction of sp³-hybridized carbons (Fsp3) is 0.718. The Morgan fingerprint density at radius 3 is 2.31 bits per heavy atom. The SMILES string of the molecule is CC(=O)N(C)CCCNC(=O)[C@]12CCCC1[C@H]1CCC3[C@@](C)(CCC4C(C)(C)C(c5ccc(C(=O)O)cc5)=CC[C@@]43C)C1CC2. The molecule has 0 aromatic heterocycles. The van der Waals surface area contributed by atoms with Crippen LogP contribution >= 0.6 is 0 Å². The minimum Gasteiger partial charge on any atom is -0.478 e. The van der Waals surface area contributed by atoms with Gasteiger partial charge in [-0.25, -0.2) is 4.79 Å². The van der Waals surface area contributed by atoms with Gasteiger partial charge >= 0.3 is 5.97 Å². The van der Waals surface area contributed by atoms with Crippen LogP contribution in [0.15, 0.2) is 30.3 Å². The maximum atomic E-state index is 13.9. The summed E-state index contributed by atoms with van der Waals surface area (Å²) in [7, 11) is 1.83. The van der Waals surface area contributed by atoms with Crippen molar-refractivity contribution in [3.05, 3.63) is 41.5 Å². The zero-order chi connectivity index (χ0) is 32.4. The van der Waals surface area contributed by atoms with E-state index in [1.54, 1.807) is 24.0 Å². The summed E-state index contributed by atoms with van der Waals surface area (Å²) in [4.78, 5) is 38.7. The van der Waals surface area contributed by atoms with Crippen molar-refractivity contribution in [2.75, 3.05) is 20.1 Å². The van der Waals surface area contributed by atoms with Crippen molar-refractivity contribution in [2.45, 2.75) is 105 Å². The Kier molecular flexibility index (Phi) is 8.30. The molecule has 0 heterocycles. The lowest BCUT2D eigenvalue weighted by atomic mass is 9.36. The number of amides is 2. The minimum absolute atomic E-state index is 0.0143. The van der Waals surface area contributed by atoms with E-state index in [0.29, 0.717) is 59.6 Å². The van der Waals surface area contributed by atoms with E-state index in [-0.39, 0.29) is 22.2 Å². The van der Waals surface area contributed by atoms with E-state index in [0.717, 1.165) is 31.2 Å². The van der Waals surface area contributed by atoms with Crippen LogP contribution in [0.3, 0.4) is 0 Å². The molecule has 5 aliphatic rings. The molecule has 8 atom stereocenters. The number of nitrogens with zero attached hydrogens (tertiary/aromatic N) is 1. The smallest absolute Gasteiger partial charge is 0.335 e. The maximum absolute atomic E-state index is 13.9. The quantitative estimate of drug-likeness (QED) is 0.306. The number of rotatable bonds is 7. The van der Waals surface area contributed by atoms with Crippen molar-refractivity contribution < 1.29 is 19.5 Å². The van der Waals surface area contributed by atoms with Crippen LogP contribution in [0.2, 0.25) is 0 Å². The summed E-state index contributed by atoms with van der Waals surface area (Å²) in [5.41, 5.74) is 3.25. The highest BCUT2D eigenvalue weighted by Gasteiger charge is 2.66. The van der Waals surface area contributed by atoms with Crippen molar-refractivity contribution in [1.29, 1.82) is 0 Å². The van der Waals surface area contributed by atoms with E-state index in [2.05, 4.69) is 39.1 Å². The molecule has 5 aliphatic carbocycles. The fourth-order valence-corrected chi connectivity index (χ4v) is 12.4. The zero-order valence-electron chi connectivity index (χ0n) is 28.6. The van der Waals surface area contributed by atoms with Crippen LogP contribution in [-0.2, 0) is 9.59 Å². The molecule has 0 aliphatic heterocycles. The maximum Gasteiger partial charge on any atom is 0.335 e. The van der Waals surface area contributed by atoms with Gasteiger partial charge in [0.1, 0.15) is 0 Å². The van der Waals surface area contributed by atoms with Crippen molar-refractivity contribution in [2.24, 2.45) is 51.2 Å². The molecular weight excluding hydrogens is 560 g/mol. The lowest BCUT2D eigenvalue weighted by molar-refractivity contribution is -0.181. The summed E-state index contributed by atoms with van der Waals surface area (Å²) in [5, 5.41) is 12.8. The van der Waals surface area contributed by atoms with E-state index < -0.39 is 5.97 Å². The van der Waals surface area contributed by atoms with Crippen LogP contribution in [0.25, 0.3) is 5.57 Å². The number of fused-ring (bicyclic) bond motifs is 7. The third-order valence-electron chi connectivity index (χ3n) is 14.5. The van der Waals surface area contributed by atoms with Gasteiger partial charge in [0.15, 0.2) is 0 Å². The van der Waals surface area contributed by atoms with Crippen LogP contribution in [0.5, 0.6) is 0 Å². The molecule has 1 aromatic carbocycles. The van der Waals surface area contributed by atoms with Gasteiger partial charge in [0.25, 0.3) is 0 Å². The summed E-state index contributed by atoms with van der Waals surface area (Å²) >= 11 is 0. The average Bonchev–Trinajstić information content (AvgIpc) is 3.45.